The average Bonchev–Trinajstić information content (AvgIpc) is 2.96. The predicted molar refractivity (Wildman–Crippen MR) is 88.6 cm³/mol. The van der Waals surface area contributed by atoms with Gasteiger partial charge in [-0.1, -0.05) is 12.1 Å². The van der Waals surface area contributed by atoms with E-state index in [9.17, 15) is 8.78 Å². The number of hydrogen-bond donors (Lipinski definition) is 1. The molecular formula is C17H19F2N3S. The highest BCUT2D eigenvalue weighted by atomic mass is 32.2. The Morgan fingerprint density at radius 2 is 2.09 bits per heavy atom. The smallest absolute Gasteiger partial charge is 0.265 e. The molecule has 2 aliphatic heterocycles. The van der Waals surface area contributed by atoms with E-state index in [1.165, 1.54) is 12.6 Å². The maximum atomic E-state index is 13.4. The summed E-state index contributed by atoms with van der Waals surface area (Å²) in [6, 6.07) is 5.72. The summed E-state index contributed by atoms with van der Waals surface area (Å²) >= 11 is 1.62. The van der Waals surface area contributed by atoms with Gasteiger partial charge in [-0.25, -0.2) is 13.1 Å². The van der Waals surface area contributed by atoms with Crippen molar-refractivity contribution >= 4 is 22.7 Å². The van der Waals surface area contributed by atoms with Gasteiger partial charge >= 0.3 is 0 Å². The maximum absolute atomic E-state index is 13.4. The van der Waals surface area contributed by atoms with Gasteiger partial charge in [0.25, 0.3) is 6.43 Å². The quantitative estimate of drug-likeness (QED) is 0.866. The summed E-state index contributed by atoms with van der Waals surface area (Å²) in [7, 11) is 0. The number of aromatic nitrogens is 1. The number of pyridine rings is 1. The molecule has 3 nitrogen and oxygen atoms in total. The van der Waals surface area contributed by atoms with E-state index in [1.54, 1.807) is 18.1 Å². The molecule has 23 heavy (non-hydrogen) atoms. The van der Waals surface area contributed by atoms with Crippen LogP contribution in [-0.2, 0) is 0 Å². The first-order valence-electron chi connectivity index (χ1n) is 8.01. The highest BCUT2D eigenvalue weighted by Crippen LogP contribution is 2.39. The molecule has 122 valence electrons. The normalized spacial score (nSPS) is 25.2. The van der Waals surface area contributed by atoms with Gasteiger partial charge < -0.3 is 5.32 Å². The number of piperidine rings is 1. The first kappa shape index (κ1) is 15.3. The standard InChI is InChI=1S/C17H19F2N3S/c18-17(19)14-8-21-6-11-2-1-3-15(16(11)14)23-22-9-12-4-5-20-7-13(12)10-22/h1-3,6,8,12-13,17,20H,4-5,7,9-10H2. The molecule has 6 heteroatoms. The van der Waals surface area contributed by atoms with Crippen molar-refractivity contribution in [3.63, 3.8) is 0 Å². The third kappa shape index (κ3) is 2.95. The highest BCUT2D eigenvalue weighted by Gasteiger charge is 2.35. The molecule has 2 aliphatic rings. The lowest BCUT2D eigenvalue weighted by molar-refractivity contribution is 0.152. The van der Waals surface area contributed by atoms with Crippen LogP contribution in [0.4, 0.5) is 8.78 Å². The van der Waals surface area contributed by atoms with E-state index >= 15 is 0 Å². The molecule has 0 aliphatic carbocycles. The van der Waals surface area contributed by atoms with E-state index in [2.05, 4.69) is 14.6 Å². The summed E-state index contributed by atoms with van der Waals surface area (Å²) < 4.78 is 29.1. The lowest BCUT2D eigenvalue weighted by atomic mass is 9.90. The summed E-state index contributed by atoms with van der Waals surface area (Å²) in [6.45, 7) is 4.23. The molecule has 0 spiro atoms. The Hall–Kier alpha value is -1.24. The molecule has 0 radical (unpaired) electrons. The largest absolute Gasteiger partial charge is 0.316 e. The Bertz CT molecular complexity index is 690. The zero-order valence-corrected chi connectivity index (χ0v) is 13.5. The molecule has 1 aromatic heterocycles. The highest BCUT2D eigenvalue weighted by molar-refractivity contribution is 7.97. The van der Waals surface area contributed by atoms with Crippen LogP contribution in [0.2, 0.25) is 0 Å². The fourth-order valence-electron chi connectivity index (χ4n) is 3.71. The van der Waals surface area contributed by atoms with Crippen molar-refractivity contribution in [3.05, 3.63) is 36.2 Å². The van der Waals surface area contributed by atoms with E-state index in [0.29, 0.717) is 11.3 Å². The number of nitrogens with one attached hydrogen (secondary N) is 1. The maximum Gasteiger partial charge on any atom is 0.265 e. The van der Waals surface area contributed by atoms with Crippen LogP contribution < -0.4 is 5.32 Å². The number of hydrogen-bond acceptors (Lipinski definition) is 4. The van der Waals surface area contributed by atoms with E-state index in [4.69, 9.17) is 0 Å². The molecule has 0 saturated carbocycles. The fourth-order valence-corrected chi connectivity index (χ4v) is 4.99. The second kappa shape index (κ2) is 6.34. The van der Waals surface area contributed by atoms with Crippen molar-refractivity contribution in [1.29, 1.82) is 0 Å². The lowest BCUT2D eigenvalue weighted by Gasteiger charge is -2.24. The van der Waals surface area contributed by atoms with Crippen molar-refractivity contribution in [3.8, 4) is 0 Å². The Kier molecular flexibility index (Phi) is 4.22. The van der Waals surface area contributed by atoms with E-state index in [1.807, 2.05) is 18.2 Å². The Balaban J connectivity index is 1.64. The Labute approximate surface area is 138 Å². The first-order valence-corrected chi connectivity index (χ1v) is 8.78. The van der Waals surface area contributed by atoms with Crippen molar-refractivity contribution in [2.75, 3.05) is 26.2 Å². The molecule has 0 bridgehead atoms. The van der Waals surface area contributed by atoms with Crippen LogP contribution in [0.1, 0.15) is 18.4 Å². The van der Waals surface area contributed by atoms with Crippen molar-refractivity contribution in [2.24, 2.45) is 11.8 Å². The minimum Gasteiger partial charge on any atom is -0.316 e. The lowest BCUT2D eigenvalue weighted by Crippen LogP contribution is -2.35. The zero-order valence-electron chi connectivity index (χ0n) is 12.7. The third-order valence-electron chi connectivity index (χ3n) is 4.88. The SMILES string of the molecule is FC(F)c1cncc2cccc(SN3CC4CCNCC4C3)c12. The first-order chi connectivity index (χ1) is 11.2. The molecule has 2 fully saturated rings. The van der Waals surface area contributed by atoms with Crippen molar-refractivity contribution < 1.29 is 8.78 Å². The third-order valence-corrected chi connectivity index (χ3v) is 5.97. The Morgan fingerprint density at radius 1 is 1.22 bits per heavy atom. The van der Waals surface area contributed by atoms with Gasteiger partial charge in [0.05, 0.1) is 0 Å². The van der Waals surface area contributed by atoms with E-state index < -0.39 is 6.43 Å². The molecule has 2 atom stereocenters. The molecule has 0 amide bonds. The average molecular weight is 335 g/mol. The number of nitrogens with zero attached hydrogens (tertiary/aromatic N) is 2. The zero-order chi connectivity index (χ0) is 15.8. The number of halogens is 2. The van der Waals surface area contributed by atoms with E-state index in [-0.39, 0.29) is 5.56 Å². The van der Waals surface area contributed by atoms with Crippen LogP contribution in [0, 0.1) is 11.8 Å². The minimum absolute atomic E-state index is 0.0314. The summed E-state index contributed by atoms with van der Waals surface area (Å²) in [5.74, 6) is 1.41. The Morgan fingerprint density at radius 3 is 2.91 bits per heavy atom. The molecule has 4 rings (SSSR count). The molecule has 2 saturated heterocycles. The van der Waals surface area contributed by atoms with Crippen LogP contribution in [0.3, 0.4) is 0 Å². The van der Waals surface area contributed by atoms with Gasteiger partial charge in [0.1, 0.15) is 0 Å². The van der Waals surface area contributed by atoms with Crippen LogP contribution >= 0.6 is 11.9 Å². The van der Waals surface area contributed by atoms with Crippen molar-refractivity contribution in [1.82, 2.24) is 14.6 Å². The molecule has 1 aromatic carbocycles. The summed E-state index contributed by atoms with van der Waals surface area (Å²) in [5.41, 5.74) is 0.0314. The van der Waals surface area contributed by atoms with Crippen LogP contribution in [0.5, 0.6) is 0 Å². The van der Waals surface area contributed by atoms with Crippen LogP contribution in [-0.4, -0.2) is 35.5 Å². The number of fused-ring (bicyclic) bond motifs is 2. The van der Waals surface area contributed by atoms with Gasteiger partial charge in [-0.3, -0.25) is 4.98 Å². The molecule has 2 aromatic rings. The number of rotatable bonds is 3. The van der Waals surface area contributed by atoms with Gasteiger partial charge in [-0.15, -0.1) is 0 Å². The molecule has 1 N–H and O–H groups in total. The number of benzene rings is 1. The molecule has 2 unspecified atom stereocenters. The van der Waals surface area contributed by atoms with Crippen molar-refractivity contribution in [2.45, 2.75) is 17.7 Å². The van der Waals surface area contributed by atoms with Gasteiger partial charge in [0.2, 0.25) is 0 Å². The topological polar surface area (TPSA) is 28.2 Å². The van der Waals surface area contributed by atoms with E-state index in [0.717, 1.165) is 42.4 Å². The fraction of sp³-hybridized carbons (Fsp3) is 0.471. The molecule has 3 heterocycles. The van der Waals surface area contributed by atoms with Gasteiger partial charge in [-0.05, 0) is 49.4 Å². The van der Waals surface area contributed by atoms with Gasteiger partial charge in [0.15, 0.2) is 0 Å². The predicted octanol–water partition coefficient (Wildman–Crippen LogP) is 3.72. The minimum atomic E-state index is -2.50. The van der Waals surface area contributed by atoms with Crippen LogP contribution in [0.15, 0.2) is 35.5 Å². The summed E-state index contributed by atoms with van der Waals surface area (Å²) in [4.78, 5) is 4.86. The molecular weight excluding hydrogens is 316 g/mol. The van der Waals surface area contributed by atoms with Gasteiger partial charge in [-0.2, -0.15) is 0 Å². The second-order valence-electron chi connectivity index (χ2n) is 6.33. The van der Waals surface area contributed by atoms with Crippen LogP contribution in [0.25, 0.3) is 10.8 Å². The second-order valence-corrected chi connectivity index (χ2v) is 7.47. The summed E-state index contributed by atoms with van der Waals surface area (Å²) in [5, 5.41) is 4.88. The summed E-state index contributed by atoms with van der Waals surface area (Å²) in [6.07, 6.45) is 1.67. The number of alkyl halides is 2. The van der Waals surface area contributed by atoms with Gasteiger partial charge in [0, 0.05) is 46.7 Å². The monoisotopic (exact) mass is 335 g/mol.